The van der Waals surface area contributed by atoms with Gasteiger partial charge in [0, 0.05) is 5.56 Å². The van der Waals surface area contributed by atoms with Gasteiger partial charge in [-0.1, -0.05) is 12.1 Å². The summed E-state index contributed by atoms with van der Waals surface area (Å²) in [4.78, 5) is 21.3. The van der Waals surface area contributed by atoms with Gasteiger partial charge in [0.05, 0.1) is 5.56 Å². The summed E-state index contributed by atoms with van der Waals surface area (Å²) in [5.41, 5.74) is 0.100. The fraction of sp³-hybridized carbons (Fsp3) is 0. The van der Waals surface area contributed by atoms with Gasteiger partial charge in [0.15, 0.2) is 0 Å². The number of aromatic carboxylic acids is 1. The van der Waals surface area contributed by atoms with Crippen LogP contribution in [0.2, 0.25) is 0 Å². The molecule has 64 valence electrons. The number of hydrogen-bond donors (Lipinski definition) is 1. The van der Waals surface area contributed by atoms with Gasteiger partial charge in [0.2, 0.25) is 0 Å². The molecule has 0 bridgehead atoms. The number of carbonyl (C=O) groups excluding carboxylic acids is 1. The van der Waals surface area contributed by atoms with Crippen LogP contribution in [0.15, 0.2) is 24.3 Å². The summed E-state index contributed by atoms with van der Waals surface area (Å²) in [7, 11) is 0. The van der Waals surface area contributed by atoms with E-state index in [1.807, 2.05) is 0 Å². The van der Waals surface area contributed by atoms with E-state index in [0.717, 1.165) is 0 Å². The SMILES string of the molecule is N#CC(=O)c1cccc(C(=O)O)c1. The molecule has 0 heterocycles. The topological polar surface area (TPSA) is 78.2 Å². The number of carboxylic acids is 1. The second-order valence-electron chi connectivity index (χ2n) is 2.33. The Kier molecular flexibility index (Phi) is 2.41. The van der Waals surface area contributed by atoms with Gasteiger partial charge in [-0.05, 0) is 12.1 Å². The van der Waals surface area contributed by atoms with Crippen LogP contribution in [0.25, 0.3) is 0 Å². The van der Waals surface area contributed by atoms with Gasteiger partial charge >= 0.3 is 5.97 Å². The fourth-order valence-electron chi connectivity index (χ4n) is 0.858. The predicted molar refractivity (Wildman–Crippen MR) is 43.3 cm³/mol. The van der Waals surface area contributed by atoms with E-state index < -0.39 is 11.8 Å². The van der Waals surface area contributed by atoms with Crippen molar-refractivity contribution in [2.45, 2.75) is 0 Å². The molecule has 1 aromatic carbocycles. The highest BCUT2D eigenvalue weighted by atomic mass is 16.4. The first kappa shape index (κ1) is 8.94. The molecule has 4 nitrogen and oxygen atoms in total. The standard InChI is InChI=1S/C9H5NO3/c10-5-8(11)6-2-1-3-7(4-6)9(12)13/h1-4H,(H,12,13). The molecule has 0 fully saturated rings. The van der Waals surface area contributed by atoms with Crippen LogP contribution in [-0.4, -0.2) is 16.9 Å². The Morgan fingerprint density at radius 2 is 1.92 bits per heavy atom. The molecule has 0 radical (unpaired) electrons. The Morgan fingerprint density at radius 3 is 2.46 bits per heavy atom. The zero-order valence-electron chi connectivity index (χ0n) is 6.52. The summed E-state index contributed by atoms with van der Waals surface area (Å²) >= 11 is 0. The number of carbonyl (C=O) groups is 2. The highest BCUT2D eigenvalue weighted by molar-refractivity contribution is 6.08. The molecule has 0 unspecified atom stereocenters. The van der Waals surface area contributed by atoms with Crippen molar-refractivity contribution in [2.75, 3.05) is 0 Å². The van der Waals surface area contributed by atoms with Gasteiger partial charge in [-0.2, -0.15) is 5.26 Å². The predicted octanol–water partition coefficient (Wildman–Crippen LogP) is 1.09. The molecule has 0 aliphatic heterocycles. The average Bonchev–Trinajstić information content (AvgIpc) is 2.17. The molecular weight excluding hydrogens is 170 g/mol. The summed E-state index contributed by atoms with van der Waals surface area (Å²) < 4.78 is 0. The Hall–Kier alpha value is -2.15. The summed E-state index contributed by atoms with van der Waals surface area (Å²) in [6.45, 7) is 0. The van der Waals surface area contributed by atoms with Crippen molar-refractivity contribution in [1.29, 1.82) is 5.26 Å². The Labute approximate surface area is 74.0 Å². The van der Waals surface area contributed by atoms with E-state index in [9.17, 15) is 9.59 Å². The number of nitriles is 1. The minimum atomic E-state index is -1.12. The third-order valence-corrected chi connectivity index (χ3v) is 1.47. The van der Waals surface area contributed by atoms with Crippen LogP contribution in [0.5, 0.6) is 0 Å². The van der Waals surface area contributed by atoms with Gasteiger partial charge in [0.1, 0.15) is 6.07 Å². The number of benzene rings is 1. The van der Waals surface area contributed by atoms with Crippen molar-refractivity contribution in [1.82, 2.24) is 0 Å². The Morgan fingerprint density at radius 1 is 1.31 bits per heavy atom. The number of ketones is 1. The highest BCUT2D eigenvalue weighted by Gasteiger charge is 2.07. The Balaban J connectivity index is 3.14. The van der Waals surface area contributed by atoms with Gasteiger partial charge in [-0.3, -0.25) is 4.79 Å². The van der Waals surface area contributed by atoms with E-state index >= 15 is 0 Å². The monoisotopic (exact) mass is 175 g/mol. The first-order valence-corrected chi connectivity index (χ1v) is 3.43. The van der Waals surface area contributed by atoms with Crippen LogP contribution in [0.4, 0.5) is 0 Å². The second kappa shape index (κ2) is 3.50. The minimum absolute atomic E-state index is 0.00102. The second-order valence-corrected chi connectivity index (χ2v) is 2.33. The van der Waals surface area contributed by atoms with Gasteiger partial charge in [0.25, 0.3) is 5.78 Å². The molecule has 0 aromatic heterocycles. The maximum absolute atomic E-state index is 10.8. The molecule has 1 aromatic rings. The van der Waals surface area contributed by atoms with Crippen LogP contribution in [0.1, 0.15) is 20.7 Å². The smallest absolute Gasteiger partial charge is 0.335 e. The molecular formula is C9H5NO3. The largest absolute Gasteiger partial charge is 0.478 e. The van der Waals surface area contributed by atoms with Gasteiger partial charge in [-0.15, -0.1) is 0 Å². The molecule has 4 heteroatoms. The van der Waals surface area contributed by atoms with Crippen LogP contribution < -0.4 is 0 Å². The van der Waals surface area contributed by atoms with E-state index in [0.29, 0.717) is 0 Å². The molecule has 0 saturated carbocycles. The lowest BCUT2D eigenvalue weighted by molar-refractivity contribution is 0.0697. The lowest BCUT2D eigenvalue weighted by Gasteiger charge is -1.95. The molecule has 0 aliphatic rings. The molecule has 0 saturated heterocycles. The normalized spacial score (nSPS) is 8.85. The molecule has 1 rings (SSSR count). The quantitative estimate of drug-likeness (QED) is 0.539. The van der Waals surface area contributed by atoms with Gasteiger partial charge in [-0.25, -0.2) is 4.79 Å². The fourth-order valence-corrected chi connectivity index (χ4v) is 0.858. The van der Waals surface area contributed by atoms with Crippen molar-refractivity contribution >= 4 is 11.8 Å². The van der Waals surface area contributed by atoms with Crippen molar-refractivity contribution in [2.24, 2.45) is 0 Å². The lowest BCUT2D eigenvalue weighted by Crippen LogP contribution is -2.00. The summed E-state index contributed by atoms with van der Waals surface area (Å²) in [6, 6.07) is 6.77. The number of hydrogen-bond acceptors (Lipinski definition) is 3. The zero-order chi connectivity index (χ0) is 9.84. The molecule has 0 atom stereocenters. The van der Waals surface area contributed by atoms with Crippen LogP contribution in [-0.2, 0) is 0 Å². The van der Waals surface area contributed by atoms with Crippen molar-refractivity contribution in [3.63, 3.8) is 0 Å². The van der Waals surface area contributed by atoms with E-state index in [4.69, 9.17) is 10.4 Å². The van der Waals surface area contributed by atoms with E-state index in [1.54, 1.807) is 0 Å². The first-order chi connectivity index (χ1) is 6.15. The average molecular weight is 175 g/mol. The van der Waals surface area contributed by atoms with Crippen molar-refractivity contribution < 1.29 is 14.7 Å². The molecule has 0 aliphatic carbocycles. The van der Waals surface area contributed by atoms with Gasteiger partial charge < -0.3 is 5.11 Å². The molecule has 13 heavy (non-hydrogen) atoms. The molecule has 0 amide bonds. The Bertz CT molecular complexity index is 404. The molecule has 0 spiro atoms. The third-order valence-electron chi connectivity index (χ3n) is 1.47. The number of carboxylic acid groups (broad SMARTS) is 1. The molecule has 1 N–H and O–H groups in total. The minimum Gasteiger partial charge on any atom is -0.478 e. The van der Waals surface area contributed by atoms with E-state index in [2.05, 4.69) is 0 Å². The zero-order valence-corrected chi connectivity index (χ0v) is 6.52. The maximum atomic E-state index is 10.8. The summed E-state index contributed by atoms with van der Waals surface area (Å²) in [6.07, 6.45) is 0. The lowest BCUT2D eigenvalue weighted by atomic mass is 10.1. The van der Waals surface area contributed by atoms with Crippen molar-refractivity contribution in [3.8, 4) is 6.07 Å². The van der Waals surface area contributed by atoms with Crippen molar-refractivity contribution in [3.05, 3.63) is 35.4 Å². The van der Waals surface area contributed by atoms with Crippen LogP contribution in [0, 0.1) is 11.3 Å². The number of Topliss-reactive ketones (excluding diaryl/α,β-unsaturated/α-hetero) is 1. The first-order valence-electron chi connectivity index (χ1n) is 3.43. The highest BCUT2D eigenvalue weighted by Crippen LogP contribution is 2.05. The number of nitrogens with zero attached hydrogens (tertiary/aromatic N) is 1. The third kappa shape index (κ3) is 1.91. The van der Waals surface area contributed by atoms with Crippen LogP contribution in [0.3, 0.4) is 0 Å². The van der Waals surface area contributed by atoms with E-state index in [-0.39, 0.29) is 11.1 Å². The summed E-state index contributed by atoms with van der Waals surface area (Å²) in [5.74, 6) is -1.85. The number of rotatable bonds is 2. The summed E-state index contributed by atoms with van der Waals surface area (Å²) in [5, 5.41) is 16.8. The van der Waals surface area contributed by atoms with E-state index in [1.165, 1.54) is 30.3 Å². The van der Waals surface area contributed by atoms with Crippen LogP contribution >= 0.6 is 0 Å². The maximum Gasteiger partial charge on any atom is 0.335 e.